The van der Waals surface area contributed by atoms with Gasteiger partial charge in [0.15, 0.2) is 0 Å². The third-order valence-corrected chi connectivity index (χ3v) is 3.93. The summed E-state index contributed by atoms with van der Waals surface area (Å²) in [6.45, 7) is 2.11. The Balaban J connectivity index is 1.70. The highest BCUT2D eigenvalue weighted by molar-refractivity contribution is 5.80. The van der Waals surface area contributed by atoms with Gasteiger partial charge in [0.25, 0.3) is 0 Å². The topological polar surface area (TPSA) is 25.8 Å². The van der Waals surface area contributed by atoms with Gasteiger partial charge in [0.05, 0.1) is 11.0 Å². The third kappa shape index (κ3) is 2.44. The number of pyridine rings is 2. The molecule has 2 aromatic heterocycles. The van der Waals surface area contributed by atoms with Crippen LogP contribution in [0.15, 0.2) is 66.9 Å². The van der Waals surface area contributed by atoms with Crippen LogP contribution in [0.25, 0.3) is 21.8 Å². The molecule has 4 rings (SSSR count). The maximum Gasteiger partial charge on any atom is 0.0705 e. The number of aryl methyl sites for hydroxylation is 1. The van der Waals surface area contributed by atoms with Crippen LogP contribution in [-0.4, -0.2) is 9.97 Å². The molecule has 106 valence electrons. The Morgan fingerprint density at radius 2 is 1.68 bits per heavy atom. The molecule has 0 saturated heterocycles. The second kappa shape index (κ2) is 5.23. The van der Waals surface area contributed by atoms with E-state index in [9.17, 15) is 0 Å². The molecule has 2 heteroatoms. The molecule has 22 heavy (non-hydrogen) atoms. The largest absolute Gasteiger partial charge is 0.256 e. The van der Waals surface area contributed by atoms with Crippen LogP contribution >= 0.6 is 0 Å². The second-order valence-corrected chi connectivity index (χ2v) is 5.71. The fourth-order valence-electron chi connectivity index (χ4n) is 2.81. The van der Waals surface area contributed by atoms with E-state index in [0.29, 0.717) is 0 Å². The van der Waals surface area contributed by atoms with E-state index in [1.54, 1.807) is 0 Å². The smallest absolute Gasteiger partial charge is 0.0705 e. The minimum absolute atomic E-state index is 0.807. The van der Waals surface area contributed by atoms with Crippen molar-refractivity contribution in [3.05, 3.63) is 83.7 Å². The number of fused-ring (bicyclic) bond motifs is 2. The Kier molecular flexibility index (Phi) is 3.08. The van der Waals surface area contributed by atoms with E-state index >= 15 is 0 Å². The van der Waals surface area contributed by atoms with Crippen molar-refractivity contribution in [2.45, 2.75) is 13.3 Å². The molecular formula is C20H16N2. The molecule has 4 aromatic rings. The van der Waals surface area contributed by atoms with Gasteiger partial charge >= 0.3 is 0 Å². The molecule has 0 unspecified atom stereocenters. The molecule has 2 heterocycles. The number of hydrogen-bond donors (Lipinski definition) is 0. The molecular weight excluding hydrogens is 268 g/mol. The van der Waals surface area contributed by atoms with Crippen LogP contribution in [0.4, 0.5) is 0 Å². The van der Waals surface area contributed by atoms with E-state index in [1.165, 1.54) is 21.9 Å². The van der Waals surface area contributed by atoms with Gasteiger partial charge in [0.1, 0.15) is 0 Å². The van der Waals surface area contributed by atoms with Crippen molar-refractivity contribution in [2.24, 2.45) is 0 Å². The molecule has 0 spiro atoms. The van der Waals surface area contributed by atoms with Gasteiger partial charge in [-0.25, -0.2) is 0 Å². The highest BCUT2D eigenvalue weighted by atomic mass is 14.7. The van der Waals surface area contributed by atoms with Gasteiger partial charge in [-0.05, 0) is 42.8 Å². The number of hydrogen-bond acceptors (Lipinski definition) is 2. The van der Waals surface area contributed by atoms with E-state index < -0.39 is 0 Å². The summed E-state index contributed by atoms with van der Waals surface area (Å²) < 4.78 is 0. The Bertz CT molecular complexity index is 973. The van der Waals surface area contributed by atoms with Crippen LogP contribution in [0, 0.1) is 6.92 Å². The Hall–Kier alpha value is -2.74. The van der Waals surface area contributed by atoms with E-state index in [1.807, 2.05) is 24.4 Å². The average Bonchev–Trinajstić information content (AvgIpc) is 2.55. The van der Waals surface area contributed by atoms with Gasteiger partial charge in [-0.3, -0.25) is 9.97 Å². The minimum atomic E-state index is 0.807. The number of rotatable bonds is 2. The summed E-state index contributed by atoms with van der Waals surface area (Å²) in [5, 5.41) is 2.37. The standard InChI is InChI=1S/C20H16N2/c1-14-6-9-20-17(10-14)7-8-18(22-20)12-15-11-16-4-2-3-5-19(16)21-13-15/h2-11,13H,12H2,1H3. The van der Waals surface area contributed by atoms with Crippen molar-refractivity contribution < 1.29 is 0 Å². The predicted octanol–water partition coefficient (Wildman–Crippen LogP) is 4.68. The van der Waals surface area contributed by atoms with Crippen LogP contribution < -0.4 is 0 Å². The second-order valence-electron chi connectivity index (χ2n) is 5.71. The first-order valence-electron chi connectivity index (χ1n) is 7.48. The molecule has 2 aromatic carbocycles. The summed E-state index contributed by atoms with van der Waals surface area (Å²) >= 11 is 0. The van der Waals surface area contributed by atoms with E-state index in [4.69, 9.17) is 4.98 Å². The molecule has 0 amide bonds. The van der Waals surface area contributed by atoms with Crippen molar-refractivity contribution in [3.63, 3.8) is 0 Å². The van der Waals surface area contributed by atoms with Crippen LogP contribution in [0.1, 0.15) is 16.8 Å². The predicted molar refractivity (Wildman–Crippen MR) is 91.0 cm³/mol. The molecule has 0 aliphatic rings. The fourth-order valence-corrected chi connectivity index (χ4v) is 2.81. The Morgan fingerprint density at radius 3 is 2.64 bits per heavy atom. The molecule has 0 N–H and O–H groups in total. The molecule has 0 bridgehead atoms. The minimum Gasteiger partial charge on any atom is -0.256 e. The van der Waals surface area contributed by atoms with Crippen molar-refractivity contribution in [1.82, 2.24) is 9.97 Å². The first-order chi connectivity index (χ1) is 10.8. The lowest BCUT2D eigenvalue weighted by Gasteiger charge is -2.05. The molecule has 0 saturated carbocycles. The normalized spacial score (nSPS) is 11.1. The summed E-state index contributed by atoms with van der Waals surface area (Å²) in [5.41, 5.74) is 5.62. The van der Waals surface area contributed by atoms with Gasteiger partial charge in [-0.15, -0.1) is 0 Å². The van der Waals surface area contributed by atoms with Crippen molar-refractivity contribution in [3.8, 4) is 0 Å². The number of benzene rings is 2. The highest BCUT2D eigenvalue weighted by Gasteiger charge is 2.03. The van der Waals surface area contributed by atoms with Gasteiger partial charge in [0, 0.05) is 29.1 Å². The van der Waals surface area contributed by atoms with Crippen LogP contribution in [-0.2, 0) is 6.42 Å². The fraction of sp³-hybridized carbons (Fsp3) is 0.100. The lowest BCUT2D eigenvalue weighted by molar-refractivity contribution is 1.09. The van der Waals surface area contributed by atoms with Crippen LogP contribution in [0.3, 0.4) is 0 Å². The van der Waals surface area contributed by atoms with E-state index in [2.05, 4.69) is 54.4 Å². The van der Waals surface area contributed by atoms with Crippen molar-refractivity contribution in [2.75, 3.05) is 0 Å². The maximum atomic E-state index is 4.76. The molecule has 0 radical (unpaired) electrons. The average molecular weight is 284 g/mol. The zero-order valence-electron chi connectivity index (χ0n) is 12.5. The Morgan fingerprint density at radius 1 is 0.818 bits per heavy atom. The number of aromatic nitrogens is 2. The van der Waals surface area contributed by atoms with Gasteiger partial charge in [-0.2, -0.15) is 0 Å². The summed E-state index contributed by atoms with van der Waals surface area (Å²) in [6.07, 6.45) is 2.75. The van der Waals surface area contributed by atoms with Gasteiger partial charge in [0.2, 0.25) is 0 Å². The van der Waals surface area contributed by atoms with Gasteiger partial charge in [-0.1, -0.05) is 35.9 Å². The lowest BCUT2D eigenvalue weighted by atomic mass is 10.1. The SMILES string of the molecule is Cc1ccc2nc(Cc3cnc4ccccc4c3)ccc2c1. The zero-order chi connectivity index (χ0) is 14.9. The highest BCUT2D eigenvalue weighted by Crippen LogP contribution is 2.18. The molecule has 0 atom stereocenters. The quantitative estimate of drug-likeness (QED) is 0.534. The van der Waals surface area contributed by atoms with Gasteiger partial charge < -0.3 is 0 Å². The zero-order valence-corrected chi connectivity index (χ0v) is 12.5. The monoisotopic (exact) mass is 284 g/mol. The van der Waals surface area contributed by atoms with E-state index in [0.717, 1.165) is 23.1 Å². The summed E-state index contributed by atoms with van der Waals surface area (Å²) in [7, 11) is 0. The lowest BCUT2D eigenvalue weighted by Crippen LogP contribution is -1.94. The third-order valence-electron chi connectivity index (χ3n) is 3.93. The molecule has 0 aliphatic heterocycles. The number of para-hydroxylation sites is 1. The van der Waals surface area contributed by atoms with Crippen LogP contribution in [0.5, 0.6) is 0 Å². The van der Waals surface area contributed by atoms with Crippen molar-refractivity contribution in [1.29, 1.82) is 0 Å². The van der Waals surface area contributed by atoms with Crippen molar-refractivity contribution >= 4 is 21.8 Å². The first kappa shape index (κ1) is 13.0. The number of nitrogens with zero attached hydrogens (tertiary/aromatic N) is 2. The maximum absolute atomic E-state index is 4.76. The first-order valence-corrected chi connectivity index (χ1v) is 7.48. The van der Waals surface area contributed by atoms with E-state index in [-0.39, 0.29) is 0 Å². The molecule has 0 aliphatic carbocycles. The van der Waals surface area contributed by atoms with Crippen LogP contribution in [0.2, 0.25) is 0 Å². The summed E-state index contributed by atoms with van der Waals surface area (Å²) in [6, 6.07) is 21.0. The molecule has 0 fully saturated rings. The Labute approximate surface area is 129 Å². The summed E-state index contributed by atoms with van der Waals surface area (Å²) in [5.74, 6) is 0. The summed E-state index contributed by atoms with van der Waals surface area (Å²) in [4.78, 5) is 9.29. The molecule has 2 nitrogen and oxygen atoms in total.